The molecular weight excluding hydrogens is 913 g/mol. The van der Waals surface area contributed by atoms with Gasteiger partial charge >= 0.3 is 17.9 Å². The van der Waals surface area contributed by atoms with Crippen LogP contribution in [0.1, 0.15) is 323 Å². The molecule has 0 aromatic rings. The van der Waals surface area contributed by atoms with Crippen molar-refractivity contribution >= 4 is 17.9 Å². The average Bonchev–Trinajstić information content (AvgIpc) is 3.40. The van der Waals surface area contributed by atoms with Gasteiger partial charge in [0.15, 0.2) is 6.10 Å². The Labute approximate surface area is 459 Å². The highest BCUT2D eigenvalue weighted by Crippen LogP contribution is 2.17. The van der Waals surface area contributed by atoms with Crippen molar-refractivity contribution in [2.24, 2.45) is 0 Å². The minimum absolute atomic E-state index is 0.0791. The molecule has 0 saturated heterocycles. The van der Waals surface area contributed by atoms with E-state index in [0.29, 0.717) is 19.3 Å². The van der Waals surface area contributed by atoms with Crippen LogP contribution in [0.25, 0.3) is 0 Å². The Morgan fingerprint density at radius 2 is 0.527 bits per heavy atom. The number of carbonyl (C=O) groups is 3. The smallest absolute Gasteiger partial charge is 0.306 e. The number of hydrogen-bond acceptors (Lipinski definition) is 6. The van der Waals surface area contributed by atoms with Gasteiger partial charge in [0.1, 0.15) is 13.2 Å². The van der Waals surface area contributed by atoms with Gasteiger partial charge in [-0.1, -0.05) is 306 Å². The van der Waals surface area contributed by atoms with E-state index >= 15 is 0 Å². The molecule has 0 fully saturated rings. The predicted octanol–water partition coefficient (Wildman–Crippen LogP) is 21.7. The second-order valence-corrected chi connectivity index (χ2v) is 21.3. The van der Waals surface area contributed by atoms with Crippen LogP contribution in [0.3, 0.4) is 0 Å². The molecule has 0 aliphatic rings. The van der Waals surface area contributed by atoms with Crippen molar-refractivity contribution < 1.29 is 28.6 Å². The van der Waals surface area contributed by atoms with Crippen molar-refractivity contribution in [3.63, 3.8) is 0 Å². The lowest BCUT2D eigenvalue weighted by molar-refractivity contribution is -0.167. The minimum Gasteiger partial charge on any atom is -0.462 e. The Balaban J connectivity index is 4.39. The highest BCUT2D eigenvalue weighted by Gasteiger charge is 2.19. The Kier molecular flexibility index (Phi) is 59.7. The van der Waals surface area contributed by atoms with Gasteiger partial charge in [0, 0.05) is 19.3 Å². The third-order valence-corrected chi connectivity index (χ3v) is 14.0. The fourth-order valence-electron chi connectivity index (χ4n) is 9.21. The van der Waals surface area contributed by atoms with Gasteiger partial charge in [-0.2, -0.15) is 0 Å². The molecule has 0 saturated carbocycles. The third kappa shape index (κ3) is 59.7. The SMILES string of the molecule is CC/C=C\C/C=C\C/C=C\C/C=C\C/C=C\C/C=C\CCCCCCC(=O)OCC(COC(=O)CCCCCCCCCCCCCCCCC)OC(=O)CCCCCCCCCCCCCCCCCCCC. The molecule has 428 valence electrons. The zero-order valence-electron chi connectivity index (χ0n) is 49.1. The normalized spacial score (nSPS) is 12.5. The maximum atomic E-state index is 12.9. The van der Waals surface area contributed by atoms with Crippen LogP contribution in [-0.4, -0.2) is 37.2 Å². The second kappa shape index (κ2) is 62.4. The number of allylic oxidation sites excluding steroid dienone is 12. The van der Waals surface area contributed by atoms with Crippen molar-refractivity contribution in [2.75, 3.05) is 13.2 Å². The van der Waals surface area contributed by atoms with Crippen LogP contribution in [0.15, 0.2) is 72.9 Å². The first-order valence-electron chi connectivity index (χ1n) is 31.9. The summed E-state index contributed by atoms with van der Waals surface area (Å²) in [5.41, 5.74) is 0. The van der Waals surface area contributed by atoms with Crippen LogP contribution < -0.4 is 0 Å². The highest BCUT2D eigenvalue weighted by molar-refractivity contribution is 5.71. The molecule has 6 heteroatoms. The third-order valence-electron chi connectivity index (χ3n) is 14.0. The molecule has 0 spiro atoms. The van der Waals surface area contributed by atoms with Crippen molar-refractivity contribution in [1.82, 2.24) is 0 Å². The molecule has 0 aromatic heterocycles. The van der Waals surface area contributed by atoms with Crippen molar-refractivity contribution in [2.45, 2.75) is 329 Å². The van der Waals surface area contributed by atoms with Gasteiger partial charge in [-0.25, -0.2) is 0 Å². The predicted molar refractivity (Wildman–Crippen MR) is 321 cm³/mol. The molecule has 0 aliphatic carbocycles. The summed E-state index contributed by atoms with van der Waals surface area (Å²) in [4.78, 5) is 38.3. The van der Waals surface area contributed by atoms with Crippen molar-refractivity contribution in [3.8, 4) is 0 Å². The summed E-state index contributed by atoms with van der Waals surface area (Å²) in [5.74, 6) is -0.886. The topological polar surface area (TPSA) is 78.9 Å². The fourth-order valence-corrected chi connectivity index (χ4v) is 9.21. The van der Waals surface area contributed by atoms with E-state index in [1.54, 1.807) is 0 Å². The summed E-state index contributed by atoms with van der Waals surface area (Å²) in [6.45, 7) is 6.55. The monoisotopic (exact) mass is 1030 g/mol. The van der Waals surface area contributed by atoms with Crippen LogP contribution in [0.2, 0.25) is 0 Å². The van der Waals surface area contributed by atoms with Crippen LogP contribution in [-0.2, 0) is 28.6 Å². The molecular formula is C68H120O6. The first-order chi connectivity index (χ1) is 36.5. The number of rotatable bonds is 58. The maximum Gasteiger partial charge on any atom is 0.306 e. The Morgan fingerprint density at radius 3 is 0.824 bits per heavy atom. The fraction of sp³-hybridized carbons (Fsp3) is 0.779. The zero-order valence-corrected chi connectivity index (χ0v) is 49.1. The lowest BCUT2D eigenvalue weighted by Crippen LogP contribution is -2.30. The molecule has 0 N–H and O–H groups in total. The number of carbonyl (C=O) groups excluding carboxylic acids is 3. The standard InChI is InChI=1S/C68H120O6/c1-4-7-10-13-16-19-22-25-28-30-32-33-34-35-36-38-40-43-46-49-52-55-58-61-67(70)73-64-65(63-72-66(69)60-57-54-51-48-45-42-39-27-24-21-18-15-12-9-6-3)74-68(71)62-59-56-53-50-47-44-41-37-31-29-26-23-20-17-14-11-8-5-2/h7,10,16,19,25,28,32-33,35-36,40,43,65H,4-6,8-9,11-15,17-18,20-24,26-27,29-31,34,37-39,41-42,44-64H2,1-3H3/b10-7-,19-16-,28-25-,33-32-,36-35-,43-40-. The van der Waals surface area contributed by atoms with Gasteiger partial charge in [-0.05, 0) is 70.6 Å². The van der Waals surface area contributed by atoms with E-state index in [0.717, 1.165) is 109 Å². The number of ether oxygens (including phenoxy) is 3. The molecule has 0 aromatic carbocycles. The first-order valence-corrected chi connectivity index (χ1v) is 31.9. The Bertz CT molecular complexity index is 1370. The van der Waals surface area contributed by atoms with Gasteiger partial charge in [-0.3, -0.25) is 14.4 Å². The van der Waals surface area contributed by atoms with Crippen LogP contribution >= 0.6 is 0 Å². The number of unbranched alkanes of at least 4 members (excludes halogenated alkanes) is 35. The summed E-state index contributed by atoms with van der Waals surface area (Å²) >= 11 is 0. The van der Waals surface area contributed by atoms with Gasteiger partial charge < -0.3 is 14.2 Å². The second-order valence-electron chi connectivity index (χ2n) is 21.3. The summed E-state index contributed by atoms with van der Waals surface area (Å²) in [5, 5.41) is 0. The lowest BCUT2D eigenvalue weighted by atomic mass is 10.0. The Hall–Kier alpha value is -3.15. The van der Waals surface area contributed by atoms with Crippen molar-refractivity contribution in [3.05, 3.63) is 72.9 Å². The average molecular weight is 1030 g/mol. The lowest BCUT2D eigenvalue weighted by Gasteiger charge is -2.18. The number of esters is 3. The molecule has 0 aliphatic heterocycles. The molecule has 1 unspecified atom stereocenters. The largest absolute Gasteiger partial charge is 0.462 e. The van der Waals surface area contributed by atoms with E-state index in [4.69, 9.17) is 14.2 Å². The van der Waals surface area contributed by atoms with E-state index in [9.17, 15) is 14.4 Å². The van der Waals surface area contributed by atoms with E-state index < -0.39 is 6.10 Å². The van der Waals surface area contributed by atoms with E-state index in [1.807, 2.05) is 0 Å². The summed E-state index contributed by atoms with van der Waals surface area (Å²) in [6.07, 6.45) is 80.4. The van der Waals surface area contributed by atoms with E-state index in [2.05, 4.69) is 93.7 Å². The molecule has 0 bridgehead atoms. The molecule has 74 heavy (non-hydrogen) atoms. The van der Waals surface area contributed by atoms with Gasteiger partial charge in [0.05, 0.1) is 0 Å². The van der Waals surface area contributed by atoms with Crippen LogP contribution in [0.5, 0.6) is 0 Å². The summed E-state index contributed by atoms with van der Waals surface area (Å²) in [7, 11) is 0. The molecule has 0 amide bonds. The van der Waals surface area contributed by atoms with Gasteiger partial charge in [-0.15, -0.1) is 0 Å². The minimum atomic E-state index is -0.784. The van der Waals surface area contributed by atoms with Crippen LogP contribution in [0.4, 0.5) is 0 Å². The molecule has 0 radical (unpaired) electrons. The maximum absolute atomic E-state index is 12.9. The molecule has 6 nitrogen and oxygen atoms in total. The summed E-state index contributed by atoms with van der Waals surface area (Å²) in [6, 6.07) is 0. The quantitative estimate of drug-likeness (QED) is 0.0261. The van der Waals surface area contributed by atoms with Gasteiger partial charge in [0.2, 0.25) is 0 Å². The van der Waals surface area contributed by atoms with Crippen LogP contribution in [0, 0.1) is 0 Å². The van der Waals surface area contributed by atoms with E-state index in [-0.39, 0.29) is 31.1 Å². The molecule has 1 atom stereocenters. The Morgan fingerprint density at radius 1 is 0.284 bits per heavy atom. The van der Waals surface area contributed by atoms with Crippen molar-refractivity contribution in [1.29, 1.82) is 0 Å². The first kappa shape index (κ1) is 70.8. The molecule has 0 heterocycles. The van der Waals surface area contributed by atoms with Gasteiger partial charge in [0.25, 0.3) is 0 Å². The van der Waals surface area contributed by atoms with E-state index in [1.165, 1.54) is 173 Å². The number of hydrogen-bond donors (Lipinski definition) is 0. The zero-order chi connectivity index (χ0) is 53.6. The highest BCUT2D eigenvalue weighted by atomic mass is 16.6. The summed E-state index contributed by atoms with van der Waals surface area (Å²) < 4.78 is 16.9. The molecule has 0 rings (SSSR count).